The summed E-state index contributed by atoms with van der Waals surface area (Å²) in [7, 11) is 1.80. The van der Waals surface area contributed by atoms with Gasteiger partial charge in [-0.2, -0.15) is 0 Å². The van der Waals surface area contributed by atoms with Crippen molar-refractivity contribution >= 4 is 5.69 Å². The van der Waals surface area contributed by atoms with Crippen molar-refractivity contribution in [3.63, 3.8) is 0 Å². The molecule has 1 aliphatic carbocycles. The monoisotopic (exact) mass is 291 g/mol. The Morgan fingerprint density at radius 3 is 2.48 bits per heavy atom. The average molecular weight is 291 g/mol. The molecule has 5 heteroatoms. The van der Waals surface area contributed by atoms with Crippen molar-refractivity contribution in [1.29, 1.82) is 0 Å². The van der Waals surface area contributed by atoms with Gasteiger partial charge in [-0.1, -0.05) is 0 Å². The molecule has 2 aliphatic rings. The fourth-order valence-corrected chi connectivity index (χ4v) is 3.63. The molecule has 5 nitrogen and oxygen atoms in total. The van der Waals surface area contributed by atoms with Crippen molar-refractivity contribution in [3.8, 4) is 0 Å². The first kappa shape index (κ1) is 14.6. The standard InChI is InChI=1S/C16H25N3O2/c1-17-15-3-2-8-19(16(15)20)14-6-4-13(5-7-14)18-9-11-21-12-10-18/h2-3,8,13-14,17H,4-7,9-12H2,1H3. The fourth-order valence-electron chi connectivity index (χ4n) is 3.63. The predicted octanol–water partition coefficient (Wildman–Crippen LogP) is 1.71. The molecule has 0 aromatic carbocycles. The van der Waals surface area contributed by atoms with Crippen LogP contribution < -0.4 is 10.9 Å². The summed E-state index contributed by atoms with van der Waals surface area (Å²) in [5.74, 6) is 0. The second-order valence-electron chi connectivity index (χ2n) is 5.99. The van der Waals surface area contributed by atoms with Crippen LogP contribution in [0.5, 0.6) is 0 Å². The van der Waals surface area contributed by atoms with Crippen LogP contribution in [0.15, 0.2) is 23.1 Å². The molecule has 21 heavy (non-hydrogen) atoms. The van der Waals surface area contributed by atoms with Crippen molar-refractivity contribution in [2.24, 2.45) is 0 Å². The molecule has 3 rings (SSSR count). The number of nitrogens with zero attached hydrogens (tertiary/aromatic N) is 2. The van der Waals surface area contributed by atoms with Crippen molar-refractivity contribution in [3.05, 3.63) is 28.7 Å². The lowest BCUT2D eigenvalue weighted by Crippen LogP contribution is -2.45. The van der Waals surface area contributed by atoms with E-state index in [4.69, 9.17) is 4.74 Å². The van der Waals surface area contributed by atoms with Gasteiger partial charge in [-0.25, -0.2) is 0 Å². The second-order valence-corrected chi connectivity index (χ2v) is 5.99. The minimum absolute atomic E-state index is 0.106. The van der Waals surface area contributed by atoms with Crippen molar-refractivity contribution in [2.45, 2.75) is 37.8 Å². The lowest BCUT2D eigenvalue weighted by molar-refractivity contribution is 0.00535. The Hall–Kier alpha value is -1.33. The van der Waals surface area contributed by atoms with Crippen LogP contribution in [0.1, 0.15) is 31.7 Å². The maximum atomic E-state index is 12.4. The maximum Gasteiger partial charge on any atom is 0.274 e. The zero-order valence-corrected chi connectivity index (χ0v) is 12.8. The zero-order valence-electron chi connectivity index (χ0n) is 12.8. The number of rotatable bonds is 3. The minimum Gasteiger partial charge on any atom is -0.384 e. The SMILES string of the molecule is CNc1cccn(C2CCC(N3CCOCC3)CC2)c1=O. The highest BCUT2D eigenvalue weighted by atomic mass is 16.5. The second kappa shape index (κ2) is 6.62. The first-order valence-corrected chi connectivity index (χ1v) is 8.00. The maximum absolute atomic E-state index is 12.4. The van der Waals surface area contributed by atoms with E-state index in [1.807, 2.05) is 22.9 Å². The van der Waals surface area contributed by atoms with Gasteiger partial charge in [0.25, 0.3) is 5.56 Å². The van der Waals surface area contributed by atoms with E-state index in [0.29, 0.717) is 17.8 Å². The Labute approximate surface area is 125 Å². The first-order chi connectivity index (χ1) is 10.3. The van der Waals surface area contributed by atoms with Gasteiger partial charge in [0.1, 0.15) is 5.69 Å². The van der Waals surface area contributed by atoms with Crippen molar-refractivity contribution in [2.75, 3.05) is 38.7 Å². The number of aromatic nitrogens is 1. The molecule has 1 saturated carbocycles. The predicted molar refractivity (Wildman–Crippen MR) is 83.9 cm³/mol. The third-order valence-corrected chi connectivity index (χ3v) is 4.87. The van der Waals surface area contributed by atoms with E-state index < -0.39 is 0 Å². The van der Waals surface area contributed by atoms with E-state index in [1.165, 1.54) is 12.8 Å². The molecule has 116 valence electrons. The van der Waals surface area contributed by atoms with Gasteiger partial charge in [0.15, 0.2) is 0 Å². The summed E-state index contributed by atoms with van der Waals surface area (Å²) in [5.41, 5.74) is 0.794. The largest absolute Gasteiger partial charge is 0.384 e. The van der Waals surface area contributed by atoms with E-state index in [2.05, 4.69) is 10.2 Å². The number of morpholine rings is 1. The molecule has 1 aliphatic heterocycles. The molecule has 0 unspecified atom stereocenters. The zero-order chi connectivity index (χ0) is 14.7. The van der Waals surface area contributed by atoms with E-state index in [1.54, 1.807) is 7.05 Å². The lowest BCUT2D eigenvalue weighted by Gasteiger charge is -2.39. The van der Waals surface area contributed by atoms with Crippen LogP contribution in [0.4, 0.5) is 5.69 Å². The number of hydrogen-bond donors (Lipinski definition) is 1. The molecule has 0 spiro atoms. The van der Waals surface area contributed by atoms with Gasteiger partial charge >= 0.3 is 0 Å². The number of pyridine rings is 1. The summed E-state index contributed by atoms with van der Waals surface area (Å²) in [6, 6.07) is 4.83. The number of ether oxygens (including phenoxy) is 1. The van der Waals surface area contributed by atoms with Gasteiger partial charge < -0.3 is 14.6 Å². The van der Waals surface area contributed by atoms with Crippen LogP contribution in [0, 0.1) is 0 Å². The van der Waals surface area contributed by atoms with E-state index in [0.717, 1.165) is 39.1 Å². The number of nitrogens with one attached hydrogen (secondary N) is 1. The van der Waals surface area contributed by atoms with Crippen LogP contribution in [0.2, 0.25) is 0 Å². The minimum atomic E-state index is 0.106. The summed E-state index contributed by atoms with van der Waals surface area (Å²) >= 11 is 0. The number of hydrogen-bond acceptors (Lipinski definition) is 4. The quantitative estimate of drug-likeness (QED) is 0.921. The van der Waals surface area contributed by atoms with Crippen LogP contribution in [0.3, 0.4) is 0 Å². The van der Waals surface area contributed by atoms with Gasteiger partial charge in [-0.05, 0) is 37.8 Å². The van der Waals surface area contributed by atoms with Gasteiger partial charge in [0.05, 0.1) is 13.2 Å². The highest BCUT2D eigenvalue weighted by Gasteiger charge is 2.28. The van der Waals surface area contributed by atoms with Crippen LogP contribution in [-0.2, 0) is 4.74 Å². The molecule has 0 amide bonds. The summed E-state index contributed by atoms with van der Waals surface area (Å²) in [4.78, 5) is 14.9. The van der Waals surface area contributed by atoms with E-state index in [9.17, 15) is 4.79 Å². The Morgan fingerprint density at radius 2 is 1.81 bits per heavy atom. The van der Waals surface area contributed by atoms with Gasteiger partial charge in [0, 0.05) is 38.4 Å². The van der Waals surface area contributed by atoms with Crippen molar-refractivity contribution < 1.29 is 4.74 Å². The van der Waals surface area contributed by atoms with Gasteiger partial charge in [-0.15, -0.1) is 0 Å². The Kier molecular flexibility index (Phi) is 4.60. The Morgan fingerprint density at radius 1 is 1.14 bits per heavy atom. The third kappa shape index (κ3) is 3.14. The number of anilines is 1. The smallest absolute Gasteiger partial charge is 0.274 e. The topological polar surface area (TPSA) is 46.5 Å². The molecular weight excluding hydrogens is 266 g/mol. The Bertz CT molecular complexity index is 514. The Balaban J connectivity index is 1.64. The first-order valence-electron chi connectivity index (χ1n) is 8.00. The van der Waals surface area contributed by atoms with Crippen LogP contribution in [0.25, 0.3) is 0 Å². The third-order valence-electron chi connectivity index (χ3n) is 4.87. The van der Waals surface area contributed by atoms with Crippen LogP contribution >= 0.6 is 0 Å². The van der Waals surface area contributed by atoms with Crippen LogP contribution in [-0.4, -0.2) is 48.9 Å². The molecule has 0 radical (unpaired) electrons. The molecule has 2 fully saturated rings. The average Bonchev–Trinajstić information content (AvgIpc) is 2.56. The molecule has 2 heterocycles. The summed E-state index contributed by atoms with van der Waals surface area (Å²) in [5, 5.41) is 2.98. The van der Waals surface area contributed by atoms with Gasteiger partial charge in [0.2, 0.25) is 0 Å². The molecular formula is C16H25N3O2. The molecule has 0 bridgehead atoms. The molecule has 1 aromatic heterocycles. The molecule has 1 saturated heterocycles. The summed E-state index contributed by atoms with van der Waals surface area (Å²) < 4.78 is 7.35. The highest BCUT2D eigenvalue weighted by molar-refractivity contribution is 5.39. The fraction of sp³-hybridized carbons (Fsp3) is 0.688. The summed E-state index contributed by atoms with van der Waals surface area (Å²) in [6.45, 7) is 3.85. The van der Waals surface area contributed by atoms with Crippen molar-refractivity contribution in [1.82, 2.24) is 9.47 Å². The molecule has 0 atom stereocenters. The molecule has 1 N–H and O–H groups in total. The lowest BCUT2D eigenvalue weighted by atomic mass is 9.89. The molecule has 1 aromatic rings. The summed E-state index contributed by atoms with van der Waals surface area (Å²) in [6.07, 6.45) is 6.48. The van der Waals surface area contributed by atoms with E-state index in [-0.39, 0.29) is 5.56 Å². The van der Waals surface area contributed by atoms with E-state index >= 15 is 0 Å². The normalized spacial score (nSPS) is 27.5. The van der Waals surface area contributed by atoms with Gasteiger partial charge in [-0.3, -0.25) is 9.69 Å². The highest BCUT2D eigenvalue weighted by Crippen LogP contribution is 2.30.